The lowest BCUT2D eigenvalue weighted by Crippen LogP contribution is -2.02. The first-order valence-electron chi connectivity index (χ1n) is 5.85. The van der Waals surface area contributed by atoms with Crippen molar-refractivity contribution in [1.82, 2.24) is 4.57 Å². The van der Waals surface area contributed by atoms with E-state index in [1.54, 1.807) is 11.5 Å². The van der Waals surface area contributed by atoms with E-state index in [1.807, 2.05) is 55.0 Å². The van der Waals surface area contributed by atoms with Crippen LogP contribution in [0.2, 0.25) is 0 Å². The Morgan fingerprint density at radius 2 is 1.83 bits per heavy atom. The number of hydrogen-bond donors (Lipinski definition) is 0. The van der Waals surface area contributed by atoms with Gasteiger partial charge in [-0.1, -0.05) is 18.2 Å². The van der Waals surface area contributed by atoms with E-state index in [1.165, 1.54) is 0 Å². The van der Waals surface area contributed by atoms with Crippen LogP contribution in [-0.2, 0) is 0 Å². The highest BCUT2D eigenvalue weighted by Crippen LogP contribution is 2.29. The third kappa shape index (κ3) is 1.61. The number of carbonyl (C=O) groups is 1. The van der Waals surface area contributed by atoms with Gasteiger partial charge in [0.1, 0.15) is 0 Å². The number of rotatable bonds is 1. The Morgan fingerprint density at radius 1 is 1.11 bits per heavy atom. The highest BCUT2D eigenvalue weighted by Gasteiger charge is 2.12. The summed E-state index contributed by atoms with van der Waals surface area (Å²) in [6, 6.07) is 12.0. The summed E-state index contributed by atoms with van der Waals surface area (Å²) in [5.41, 5.74) is 3.13. The Kier molecular flexibility index (Phi) is 2.45. The first kappa shape index (κ1) is 10.7. The zero-order chi connectivity index (χ0) is 12.5. The van der Waals surface area contributed by atoms with Crippen LogP contribution in [0.4, 0.5) is 0 Å². The highest BCUT2D eigenvalue weighted by molar-refractivity contribution is 6.01. The number of carbonyl (C=O) groups excluding carboxylic acids is 1. The van der Waals surface area contributed by atoms with Crippen molar-refractivity contribution in [2.75, 3.05) is 0 Å². The molecule has 0 aliphatic heterocycles. The average molecular weight is 237 g/mol. The van der Waals surface area contributed by atoms with Gasteiger partial charge in [-0.25, -0.2) is 4.98 Å². The third-order valence-corrected chi connectivity index (χ3v) is 3.08. The largest absolute Gasteiger partial charge is 0.287 e. The predicted molar refractivity (Wildman–Crippen MR) is 70.2 cm³/mol. The summed E-state index contributed by atoms with van der Waals surface area (Å²) in [6.07, 6.45) is 5.67. The minimum Gasteiger partial charge on any atom is -0.287 e. The number of nitrogens with zero attached hydrogens (tertiary/aromatic N) is 1. The normalized spacial score (nSPS) is 10.7. The van der Waals surface area contributed by atoms with Crippen molar-refractivity contribution in [1.29, 1.82) is 0 Å². The summed E-state index contributed by atoms with van der Waals surface area (Å²) < 4.78 is 1.70. The molecule has 0 fully saturated rings. The first-order chi connectivity index (χ1) is 8.77. The number of benzene rings is 1. The SMILES string of the molecule is CC(=O)n1cc(-c2cc[nH+]cc2)c2ccccc21. The van der Waals surface area contributed by atoms with Crippen LogP contribution in [0.1, 0.15) is 11.7 Å². The van der Waals surface area contributed by atoms with Gasteiger partial charge in [-0.2, -0.15) is 0 Å². The Bertz CT molecular complexity index is 714. The predicted octanol–water partition coefficient (Wildman–Crippen LogP) is 2.78. The number of fused-ring (bicyclic) bond motifs is 1. The summed E-state index contributed by atoms with van der Waals surface area (Å²) in [6.45, 7) is 1.58. The average Bonchev–Trinajstić information content (AvgIpc) is 2.79. The van der Waals surface area contributed by atoms with E-state index < -0.39 is 0 Å². The monoisotopic (exact) mass is 237 g/mol. The minimum atomic E-state index is 0.0277. The molecular formula is C15H13N2O+. The molecule has 0 atom stereocenters. The fourth-order valence-electron chi connectivity index (χ4n) is 2.24. The smallest absolute Gasteiger partial charge is 0.227 e. The number of H-pyrrole nitrogens is 1. The van der Waals surface area contributed by atoms with Gasteiger partial charge in [0, 0.05) is 36.2 Å². The Labute approximate surface area is 105 Å². The van der Waals surface area contributed by atoms with Gasteiger partial charge in [0.25, 0.3) is 0 Å². The van der Waals surface area contributed by atoms with Crippen LogP contribution in [-0.4, -0.2) is 10.5 Å². The molecule has 0 aliphatic rings. The van der Waals surface area contributed by atoms with E-state index in [4.69, 9.17) is 0 Å². The molecule has 0 unspecified atom stereocenters. The highest BCUT2D eigenvalue weighted by atomic mass is 16.1. The lowest BCUT2D eigenvalue weighted by molar-refractivity contribution is -0.377. The van der Waals surface area contributed by atoms with E-state index in [9.17, 15) is 4.79 Å². The maximum atomic E-state index is 11.7. The maximum absolute atomic E-state index is 11.7. The van der Waals surface area contributed by atoms with Crippen molar-refractivity contribution < 1.29 is 9.78 Å². The quantitative estimate of drug-likeness (QED) is 0.641. The molecule has 18 heavy (non-hydrogen) atoms. The molecule has 88 valence electrons. The molecule has 0 radical (unpaired) electrons. The maximum Gasteiger partial charge on any atom is 0.227 e. The standard InChI is InChI=1S/C15H12N2O/c1-11(18)17-10-14(12-6-8-16-9-7-12)13-4-2-3-5-15(13)17/h2-10H,1H3/p+1. The van der Waals surface area contributed by atoms with Crippen molar-refractivity contribution in [2.45, 2.75) is 6.92 Å². The zero-order valence-corrected chi connectivity index (χ0v) is 10.1. The van der Waals surface area contributed by atoms with E-state index in [0.29, 0.717) is 0 Å². The second-order valence-electron chi connectivity index (χ2n) is 4.24. The molecule has 2 aromatic heterocycles. The number of pyridine rings is 1. The third-order valence-electron chi connectivity index (χ3n) is 3.08. The number of aromatic amines is 1. The summed E-state index contributed by atoms with van der Waals surface area (Å²) in [7, 11) is 0. The van der Waals surface area contributed by atoms with Gasteiger partial charge >= 0.3 is 0 Å². The fraction of sp³-hybridized carbons (Fsp3) is 0.0667. The van der Waals surface area contributed by atoms with Gasteiger partial charge in [0.2, 0.25) is 5.91 Å². The van der Waals surface area contributed by atoms with Crippen molar-refractivity contribution >= 4 is 16.8 Å². The number of aromatic nitrogens is 2. The molecule has 0 amide bonds. The van der Waals surface area contributed by atoms with Crippen molar-refractivity contribution in [3.63, 3.8) is 0 Å². The molecule has 3 nitrogen and oxygen atoms in total. The van der Waals surface area contributed by atoms with Gasteiger partial charge in [-0.05, 0) is 11.6 Å². The summed E-state index contributed by atoms with van der Waals surface area (Å²) in [4.78, 5) is 14.7. The van der Waals surface area contributed by atoms with Crippen molar-refractivity contribution in [2.24, 2.45) is 0 Å². The van der Waals surface area contributed by atoms with Crippen LogP contribution >= 0.6 is 0 Å². The molecule has 0 bridgehead atoms. The Hall–Kier alpha value is -2.42. The van der Waals surface area contributed by atoms with Crippen LogP contribution in [0.15, 0.2) is 55.0 Å². The van der Waals surface area contributed by atoms with E-state index in [2.05, 4.69) is 4.98 Å². The first-order valence-corrected chi connectivity index (χ1v) is 5.85. The number of nitrogens with one attached hydrogen (secondary N) is 1. The summed E-state index contributed by atoms with van der Waals surface area (Å²) in [5.74, 6) is 0.0277. The van der Waals surface area contributed by atoms with Gasteiger partial charge < -0.3 is 0 Å². The molecule has 3 heteroatoms. The number of hydrogen-bond acceptors (Lipinski definition) is 1. The summed E-state index contributed by atoms with van der Waals surface area (Å²) >= 11 is 0. The molecule has 0 spiro atoms. The molecule has 3 aromatic rings. The van der Waals surface area contributed by atoms with Gasteiger partial charge in [-0.3, -0.25) is 9.36 Å². The van der Waals surface area contributed by atoms with Crippen molar-refractivity contribution in [3.05, 3.63) is 55.0 Å². The van der Waals surface area contributed by atoms with Crippen LogP contribution in [0.25, 0.3) is 22.0 Å². The second kappa shape index (κ2) is 4.11. The van der Waals surface area contributed by atoms with Gasteiger partial charge in [0.15, 0.2) is 12.4 Å². The molecule has 1 N–H and O–H groups in total. The number of para-hydroxylation sites is 1. The van der Waals surface area contributed by atoms with Crippen LogP contribution < -0.4 is 4.98 Å². The molecule has 0 saturated carbocycles. The van der Waals surface area contributed by atoms with E-state index in [0.717, 1.165) is 22.0 Å². The lowest BCUT2D eigenvalue weighted by Gasteiger charge is -1.97. The molecule has 2 heterocycles. The lowest BCUT2D eigenvalue weighted by atomic mass is 10.1. The van der Waals surface area contributed by atoms with Gasteiger partial charge in [-0.15, -0.1) is 0 Å². The zero-order valence-electron chi connectivity index (χ0n) is 10.1. The topological polar surface area (TPSA) is 36.1 Å². The molecular weight excluding hydrogens is 224 g/mol. The minimum absolute atomic E-state index is 0.0277. The molecule has 0 saturated heterocycles. The van der Waals surface area contributed by atoms with E-state index in [-0.39, 0.29) is 5.91 Å². The summed E-state index contributed by atoms with van der Waals surface area (Å²) in [5, 5.41) is 1.10. The van der Waals surface area contributed by atoms with Gasteiger partial charge in [0.05, 0.1) is 5.52 Å². The van der Waals surface area contributed by atoms with E-state index >= 15 is 0 Å². The van der Waals surface area contributed by atoms with Crippen LogP contribution in [0.3, 0.4) is 0 Å². The van der Waals surface area contributed by atoms with Crippen LogP contribution in [0, 0.1) is 0 Å². The fourth-order valence-corrected chi connectivity index (χ4v) is 2.24. The second-order valence-corrected chi connectivity index (χ2v) is 4.24. The molecule has 3 rings (SSSR count). The van der Waals surface area contributed by atoms with Crippen LogP contribution in [0.5, 0.6) is 0 Å². The molecule has 0 aliphatic carbocycles. The van der Waals surface area contributed by atoms with Crippen molar-refractivity contribution in [3.8, 4) is 11.1 Å². The Morgan fingerprint density at radius 3 is 2.56 bits per heavy atom. The Balaban J connectivity index is 2.34. The molecule has 1 aromatic carbocycles.